The molecule has 1 fully saturated rings. The highest BCUT2D eigenvalue weighted by atomic mass is 127. The van der Waals surface area contributed by atoms with Crippen molar-refractivity contribution in [2.45, 2.75) is 12.5 Å². The molecule has 0 aliphatic carbocycles. The van der Waals surface area contributed by atoms with Crippen molar-refractivity contribution in [2.24, 2.45) is 0 Å². The Hall–Kier alpha value is -0.690. The molecule has 0 spiro atoms. The minimum atomic E-state index is -0.305. The molecule has 1 amide bonds. The smallest absolute Gasteiger partial charge is 0.254 e. The monoisotopic (exact) mass is 348 g/mol. The fraction of sp³-hybridized carbons (Fsp3) is 0.417. The van der Waals surface area contributed by atoms with E-state index in [0.717, 1.165) is 19.5 Å². The van der Waals surface area contributed by atoms with Gasteiger partial charge in [0.15, 0.2) is 0 Å². The van der Waals surface area contributed by atoms with Crippen LogP contribution < -0.4 is 5.32 Å². The number of likely N-dealkylation sites (N-methyl/N-ethyl adjacent to an activating group) is 1. The van der Waals surface area contributed by atoms with E-state index in [0.29, 0.717) is 15.2 Å². The first-order chi connectivity index (χ1) is 8.11. The van der Waals surface area contributed by atoms with Crippen LogP contribution in [0.25, 0.3) is 0 Å². The van der Waals surface area contributed by atoms with Crippen LogP contribution in [0.1, 0.15) is 16.8 Å². The third kappa shape index (κ3) is 2.77. The Kier molecular flexibility index (Phi) is 3.98. The van der Waals surface area contributed by atoms with E-state index in [9.17, 15) is 9.18 Å². The number of nitrogens with zero attached hydrogens (tertiary/aromatic N) is 1. The fourth-order valence-corrected chi connectivity index (χ4v) is 2.72. The summed E-state index contributed by atoms with van der Waals surface area (Å²) in [7, 11) is 1.90. The normalized spacial score (nSPS) is 19.7. The molecular formula is C12H14FIN2O. The van der Waals surface area contributed by atoms with Crippen LogP contribution in [0.15, 0.2) is 18.2 Å². The molecule has 92 valence electrons. The summed E-state index contributed by atoms with van der Waals surface area (Å²) in [5.41, 5.74) is 0.587. The van der Waals surface area contributed by atoms with Gasteiger partial charge < -0.3 is 10.2 Å². The van der Waals surface area contributed by atoms with Crippen molar-refractivity contribution in [1.82, 2.24) is 10.2 Å². The van der Waals surface area contributed by atoms with Gasteiger partial charge >= 0.3 is 0 Å². The Morgan fingerprint density at radius 2 is 2.35 bits per heavy atom. The SMILES string of the molecule is CNC1CCN(C(=O)c2ccc(F)cc2I)C1. The van der Waals surface area contributed by atoms with Crippen LogP contribution in [-0.2, 0) is 0 Å². The molecule has 1 heterocycles. The van der Waals surface area contributed by atoms with Crippen molar-refractivity contribution in [3.8, 4) is 0 Å². The average Bonchev–Trinajstić information content (AvgIpc) is 2.76. The van der Waals surface area contributed by atoms with Gasteiger partial charge in [0.25, 0.3) is 5.91 Å². The first-order valence-electron chi connectivity index (χ1n) is 5.53. The molecule has 0 radical (unpaired) electrons. The van der Waals surface area contributed by atoms with E-state index in [4.69, 9.17) is 0 Å². The number of hydrogen-bond acceptors (Lipinski definition) is 2. The molecule has 1 aromatic rings. The maximum Gasteiger partial charge on any atom is 0.254 e. The zero-order chi connectivity index (χ0) is 12.4. The van der Waals surface area contributed by atoms with Crippen LogP contribution >= 0.6 is 22.6 Å². The second-order valence-corrected chi connectivity index (χ2v) is 5.31. The van der Waals surface area contributed by atoms with Crippen LogP contribution in [0.2, 0.25) is 0 Å². The van der Waals surface area contributed by atoms with E-state index in [-0.39, 0.29) is 11.7 Å². The minimum Gasteiger partial charge on any atom is -0.337 e. The van der Waals surface area contributed by atoms with E-state index in [1.54, 1.807) is 6.07 Å². The second-order valence-electron chi connectivity index (χ2n) is 4.15. The van der Waals surface area contributed by atoms with Gasteiger partial charge in [-0.3, -0.25) is 4.79 Å². The molecule has 1 saturated heterocycles. The molecule has 1 aliphatic heterocycles. The van der Waals surface area contributed by atoms with Crippen molar-refractivity contribution in [2.75, 3.05) is 20.1 Å². The molecule has 1 aliphatic rings. The number of hydrogen-bond donors (Lipinski definition) is 1. The van der Waals surface area contributed by atoms with Gasteiger partial charge in [-0.05, 0) is 54.3 Å². The minimum absolute atomic E-state index is 0.00727. The number of halogens is 2. The lowest BCUT2D eigenvalue weighted by Crippen LogP contribution is -2.33. The van der Waals surface area contributed by atoms with Crippen LogP contribution in [0, 0.1) is 9.39 Å². The lowest BCUT2D eigenvalue weighted by molar-refractivity contribution is 0.0788. The molecule has 0 aromatic heterocycles. The number of benzene rings is 1. The van der Waals surface area contributed by atoms with Crippen molar-refractivity contribution < 1.29 is 9.18 Å². The van der Waals surface area contributed by atoms with Crippen molar-refractivity contribution in [3.05, 3.63) is 33.1 Å². The molecule has 1 N–H and O–H groups in total. The van der Waals surface area contributed by atoms with Gasteiger partial charge in [0, 0.05) is 22.7 Å². The number of carbonyl (C=O) groups is 1. The zero-order valence-electron chi connectivity index (χ0n) is 9.54. The number of nitrogens with one attached hydrogen (secondary N) is 1. The highest BCUT2D eigenvalue weighted by Crippen LogP contribution is 2.19. The molecule has 17 heavy (non-hydrogen) atoms. The summed E-state index contributed by atoms with van der Waals surface area (Å²) in [4.78, 5) is 14.0. The van der Waals surface area contributed by atoms with Crippen molar-refractivity contribution in [1.29, 1.82) is 0 Å². The molecule has 1 unspecified atom stereocenters. The van der Waals surface area contributed by atoms with E-state index in [1.165, 1.54) is 12.1 Å². The lowest BCUT2D eigenvalue weighted by Gasteiger charge is -2.17. The van der Waals surface area contributed by atoms with Gasteiger partial charge in [-0.15, -0.1) is 0 Å². The molecule has 1 atom stereocenters. The summed E-state index contributed by atoms with van der Waals surface area (Å²) in [6.07, 6.45) is 0.972. The topological polar surface area (TPSA) is 32.3 Å². The van der Waals surface area contributed by atoms with Gasteiger partial charge in [0.1, 0.15) is 5.82 Å². The quantitative estimate of drug-likeness (QED) is 0.828. The predicted octanol–water partition coefficient (Wildman–Crippen LogP) is 1.86. The number of carbonyl (C=O) groups excluding carboxylic acids is 1. The van der Waals surface area contributed by atoms with Crippen molar-refractivity contribution in [3.63, 3.8) is 0 Å². The average molecular weight is 348 g/mol. The second kappa shape index (κ2) is 5.30. The third-order valence-corrected chi connectivity index (χ3v) is 3.94. The Morgan fingerprint density at radius 3 is 2.94 bits per heavy atom. The van der Waals surface area contributed by atoms with Gasteiger partial charge in [0.2, 0.25) is 0 Å². The first-order valence-corrected chi connectivity index (χ1v) is 6.61. The number of likely N-dealkylation sites (tertiary alicyclic amines) is 1. The Balaban J connectivity index is 2.15. The van der Waals surface area contributed by atoms with Crippen LogP contribution in [0.4, 0.5) is 4.39 Å². The van der Waals surface area contributed by atoms with Crippen LogP contribution in [0.5, 0.6) is 0 Å². The highest BCUT2D eigenvalue weighted by molar-refractivity contribution is 14.1. The van der Waals surface area contributed by atoms with E-state index < -0.39 is 0 Å². The van der Waals surface area contributed by atoms with Crippen LogP contribution in [0.3, 0.4) is 0 Å². The summed E-state index contributed by atoms with van der Waals surface area (Å²) in [5, 5.41) is 3.17. The maximum atomic E-state index is 13.0. The standard InChI is InChI=1S/C12H14FIN2O/c1-15-9-4-5-16(7-9)12(17)10-3-2-8(13)6-11(10)14/h2-3,6,9,15H,4-5,7H2,1H3. The van der Waals surface area contributed by atoms with Gasteiger partial charge in [-0.2, -0.15) is 0 Å². The Morgan fingerprint density at radius 1 is 1.59 bits per heavy atom. The predicted molar refractivity (Wildman–Crippen MR) is 72.5 cm³/mol. The summed E-state index contributed by atoms with van der Waals surface area (Å²) >= 11 is 2.00. The molecule has 1 aromatic carbocycles. The van der Waals surface area contributed by atoms with E-state index in [2.05, 4.69) is 5.32 Å². The molecule has 3 nitrogen and oxygen atoms in total. The number of amides is 1. The lowest BCUT2D eigenvalue weighted by atomic mass is 10.2. The van der Waals surface area contributed by atoms with Gasteiger partial charge in [-0.1, -0.05) is 0 Å². The molecule has 0 saturated carbocycles. The largest absolute Gasteiger partial charge is 0.337 e. The van der Waals surface area contributed by atoms with Gasteiger partial charge in [-0.25, -0.2) is 4.39 Å². The number of rotatable bonds is 2. The summed E-state index contributed by atoms with van der Waals surface area (Å²) in [6.45, 7) is 1.49. The van der Waals surface area contributed by atoms with Crippen molar-refractivity contribution >= 4 is 28.5 Å². The first kappa shape index (κ1) is 12.8. The zero-order valence-corrected chi connectivity index (χ0v) is 11.7. The van der Waals surface area contributed by atoms with E-state index in [1.807, 2.05) is 34.5 Å². The third-order valence-electron chi connectivity index (χ3n) is 3.05. The summed E-state index contributed by atoms with van der Waals surface area (Å²) in [5.74, 6) is -0.312. The fourth-order valence-electron chi connectivity index (χ4n) is 2.01. The molecular weight excluding hydrogens is 334 g/mol. The summed E-state index contributed by atoms with van der Waals surface area (Å²) < 4.78 is 13.6. The van der Waals surface area contributed by atoms with Gasteiger partial charge in [0.05, 0.1) is 5.56 Å². The highest BCUT2D eigenvalue weighted by Gasteiger charge is 2.26. The van der Waals surface area contributed by atoms with E-state index >= 15 is 0 Å². The molecule has 5 heteroatoms. The molecule has 0 bridgehead atoms. The Bertz CT molecular complexity index is 439. The molecule has 2 rings (SSSR count). The maximum absolute atomic E-state index is 13.0. The van der Waals surface area contributed by atoms with Crippen LogP contribution in [-0.4, -0.2) is 37.0 Å². The Labute approximate surface area is 114 Å². The summed E-state index contributed by atoms with van der Waals surface area (Å²) in [6, 6.07) is 4.66.